The van der Waals surface area contributed by atoms with E-state index in [9.17, 15) is 8.42 Å². The first-order valence-corrected chi connectivity index (χ1v) is 7.86. The lowest BCUT2D eigenvalue weighted by atomic mass is 10.2. The van der Waals surface area contributed by atoms with Crippen LogP contribution in [0.15, 0.2) is 24.3 Å². The van der Waals surface area contributed by atoms with Gasteiger partial charge in [-0.1, -0.05) is 19.1 Å². The van der Waals surface area contributed by atoms with E-state index in [-0.39, 0.29) is 0 Å². The van der Waals surface area contributed by atoms with Gasteiger partial charge in [0.15, 0.2) is 0 Å². The van der Waals surface area contributed by atoms with E-state index in [1.807, 2.05) is 31.2 Å². The summed E-state index contributed by atoms with van der Waals surface area (Å²) >= 11 is 0. The lowest BCUT2D eigenvalue weighted by molar-refractivity contribution is 0.414. The van der Waals surface area contributed by atoms with Gasteiger partial charge in [0.05, 0.1) is 12.4 Å². The van der Waals surface area contributed by atoms with Gasteiger partial charge in [-0.25, -0.2) is 13.1 Å². The van der Waals surface area contributed by atoms with E-state index in [0.29, 0.717) is 13.1 Å². The average molecular weight is 286 g/mol. The van der Waals surface area contributed by atoms with Crippen molar-refractivity contribution in [2.75, 3.05) is 20.2 Å². The van der Waals surface area contributed by atoms with Crippen molar-refractivity contribution in [2.45, 2.75) is 25.6 Å². The Labute approximate surface area is 115 Å². The number of benzene rings is 1. The maximum absolute atomic E-state index is 12.0. The molecule has 19 heavy (non-hydrogen) atoms. The molecule has 1 aromatic carbocycles. The van der Waals surface area contributed by atoms with Gasteiger partial charge in [-0.15, -0.1) is 0 Å². The van der Waals surface area contributed by atoms with Crippen molar-refractivity contribution in [1.29, 1.82) is 0 Å². The zero-order chi connectivity index (χ0) is 14.3. The molecule has 1 rings (SSSR count). The van der Waals surface area contributed by atoms with Crippen LogP contribution in [0.4, 0.5) is 0 Å². The fourth-order valence-corrected chi connectivity index (χ4v) is 2.52. The van der Waals surface area contributed by atoms with E-state index in [2.05, 4.69) is 10.0 Å². The molecule has 6 heteroatoms. The standard InChI is InChI=1S/C13H22N2O3S/c1-4-14-9-11(2)19(16,17)15-10-12-5-7-13(18-3)8-6-12/h5-8,11,14-15H,4,9-10H2,1-3H3. The number of hydrogen-bond donors (Lipinski definition) is 2. The summed E-state index contributed by atoms with van der Waals surface area (Å²) in [5.41, 5.74) is 0.903. The van der Waals surface area contributed by atoms with Crippen LogP contribution >= 0.6 is 0 Å². The van der Waals surface area contributed by atoms with Gasteiger partial charge in [0.25, 0.3) is 0 Å². The molecule has 0 fully saturated rings. The van der Waals surface area contributed by atoms with Crippen LogP contribution < -0.4 is 14.8 Å². The monoisotopic (exact) mass is 286 g/mol. The first kappa shape index (κ1) is 15.9. The minimum absolute atomic E-state index is 0.294. The number of methoxy groups -OCH3 is 1. The number of sulfonamides is 1. The van der Waals surface area contributed by atoms with Crippen molar-refractivity contribution in [1.82, 2.24) is 10.0 Å². The highest BCUT2D eigenvalue weighted by molar-refractivity contribution is 7.90. The Morgan fingerprint density at radius 3 is 2.42 bits per heavy atom. The van der Waals surface area contributed by atoms with Crippen LogP contribution in [-0.2, 0) is 16.6 Å². The first-order valence-electron chi connectivity index (χ1n) is 6.31. The van der Waals surface area contributed by atoms with Crippen LogP contribution in [0.1, 0.15) is 19.4 Å². The van der Waals surface area contributed by atoms with E-state index in [4.69, 9.17) is 4.74 Å². The van der Waals surface area contributed by atoms with Gasteiger partial charge in [-0.2, -0.15) is 0 Å². The van der Waals surface area contributed by atoms with Crippen LogP contribution in [0.2, 0.25) is 0 Å². The highest BCUT2D eigenvalue weighted by atomic mass is 32.2. The second kappa shape index (κ2) is 7.47. The normalized spacial score (nSPS) is 13.2. The third kappa shape index (κ3) is 5.18. The van der Waals surface area contributed by atoms with Crippen molar-refractivity contribution in [3.8, 4) is 5.75 Å². The van der Waals surface area contributed by atoms with Crippen molar-refractivity contribution in [3.63, 3.8) is 0 Å². The SMILES string of the molecule is CCNCC(C)S(=O)(=O)NCc1ccc(OC)cc1. The molecule has 5 nitrogen and oxygen atoms in total. The summed E-state index contributed by atoms with van der Waals surface area (Å²) in [5, 5.41) is 2.58. The molecule has 0 heterocycles. The Hall–Kier alpha value is -1.11. The van der Waals surface area contributed by atoms with Gasteiger partial charge in [0.1, 0.15) is 5.75 Å². The molecule has 0 spiro atoms. The van der Waals surface area contributed by atoms with E-state index < -0.39 is 15.3 Å². The maximum Gasteiger partial charge on any atom is 0.215 e. The number of hydrogen-bond acceptors (Lipinski definition) is 4. The summed E-state index contributed by atoms with van der Waals surface area (Å²) in [6.07, 6.45) is 0. The zero-order valence-corrected chi connectivity index (χ0v) is 12.5. The zero-order valence-electron chi connectivity index (χ0n) is 11.6. The quantitative estimate of drug-likeness (QED) is 0.751. The van der Waals surface area contributed by atoms with Gasteiger partial charge >= 0.3 is 0 Å². The smallest absolute Gasteiger partial charge is 0.215 e. The molecule has 0 saturated carbocycles. The topological polar surface area (TPSA) is 67.4 Å². The second-order valence-electron chi connectivity index (χ2n) is 4.33. The van der Waals surface area contributed by atoms with Crippen molar-refractivity contribution in [2.24, 2.45) is 0 Å². The molecule has 1 unspecified atom stereocenters. The van der Waals surface area contributed by atoms with Crippen molar-refractivity contribution in [3.05, 3.63) is 29.8 Å². The maximum atomic E-state index is 12.0. The van der Waals surface area contributed by atoms with Crippen LogP contribution in [0.25, 0.3) is 0 Å². The number of ether oxygens (including phenoxy) is 1. The molecule has 0 radical (unpaired) electrons. The summed E-state index contributed by atoms with van der Waals surface area (Å²) in [6, 6.07) is 7.31. The minimum Gasteiger partial charge on any atom is -0.497 e. The Morgan fingerprint density at radius 1 is 1.26 bits per heavy atom. The van der Waals surface area contributed by atoms with E-state index in [1.54, 1.807) is 14.0 Å². The second-order valence-corrected chi connectivity index (χ2v) is 6.52. The third-order valence-corrected chi connectivity index (χ3v) is 4.62. The molecule has 1 aromatic rings. The number of rotatable bonds is 8. The predicted molar refractivity (Wildman–Crippen MR) is 76.8 cm³/mol. The first-order chi connectivity index (χ1) is 8.99. The molecule has 0 amide bonds. The fraction of sp³-hybridized carbons (Fsp3) is 0.538. The molecule has 1 atom stereocenters. The highest BCUT2D eigenvalue weighted by Gasteiger charge is 2.19. The Balaban J connectivity index is 2.54. The summed E-state index contributed by atoms with van der Waals surface area (Å²) in [5.74, 6) is 0.757. The van der Waals surface area contributed by atoms with Crippen LogP contribution in [0, 0.1) is 0 Å². The van der Waals surface area contributed by atoms with E-state index in [1.165, 1.54) is 0 Å². The molecule has 108 valence electrons. The molecule has 0 aliphatic heterocycles. The molecule has 2 N–H and O–H groups in total. The average Bonchev–Trinajstić information content (AvgIpc) is 2.43. The largest absolute Gasteiger partial charge is 0.497 e. The lowest BCUT2D eigenvalue weighted by Crippen LogP contribution is -2.38. The lowest BCUT2D eigenvalue weighted by Gasteiger charge is -2.14. The third-order valence-electron chi connectivity index (χ3n) is 2.85. The Morgan fingerprint density at radius 2 is 1.89 bits per heavy atom. The van der Waals surface area contributed by atoms with E-state index in [0.717, 1.165) is 17.9 Å². The summed E-state index contributed by atoms with van der Waals surface area (Å²) in [7, 11) is -1.69. The number of nitrogens with one attached hydrogen (secondary N) is 2. The van der Waals surface area contributed by atoms with Crippen LogP contribution in [0.5, 0.6) is 5.75 Å². The highest BCUT2D eigenvalue weighted by Crippen LogP contribution is 2.11. The van der Waals surface area contributed by atoms with Crippen LogP contribution in [0.3, 0.4) is 0 Å². The van der Waals surface area contributed by atoms with Gasteiger partial charge in [0.2, 0.25) is 10.0 Å². The molecule has 0 aromatic heterocycles. The van der Waals surface area contributed by atoms with Gasteiger partial charge in [-0.3, -0.25) is 0 Å². The summed E-state index contributed by atoms with van der Waals surface area (Å²) in [6.45, 7) is 5.15. The van der Waals surface area contributed by atoms with Gasteiger partial charge < -0.3 is 10.1 Å². The molecule has 0 saturated heterocycles. The van der Waals surface area contributed by atoms with Crippen LogP contribution in [-0.4, -0.2) is 33.9 Å². The van der Waals surface area contributed by atoms with Crippen molar-refractivity contribution >= 4 is 10.0 Å². The summed E-state index contributed by atoms with van der Waals surface area (Å²) < 4.78 is 31.6. The van der Waals surface area contributed by atoms with Gasteiger partial charge in [0, 0.05) is 13.1 Å². The minimum atomic E-state index is -3.29. The van der Waals surface area contributed by atoms with Crippen molar-refractivity contribution < 1.29 is 13.2 Å². The molecular formula is C13H22N2O3S. The fourth-order valence-electron chi connectivity index (χ4n) is 1.53. The molecular weight excluding hydrogens is 264 g/mol. The summed E-state index contributed by atoms with van der Waals surface area (Å²) in [4.78, 5) is 0. The Bertz CT molecular complexity index is 471. The Kier molecular flexibility index (Phi) is 6.27. The molecule has 0 bridgehead atoms. The molecule has 0 aliphatic rings. The molecule has 0 aliphatic carbocycles. The van der Waals surface area contributed by atoms with Gasteiger partial charge in [-0.05, 0) is 31.2 Å². The predicted octanol–water partition coefficient (Wildman–Crippen LogP) is 1.11. The van der Waals surface area contributed by atoms with E-state index >= 15 is 0 Å².